The van der Waals surface area contributed by atoms with E-state index in [9.17, 15) is 4.79 Å². The first-order valence-electron chi connectivity index (χ1n) is 7.76. The Labute approximate surface area is 131 Å². The number of hydrogen-bond donors (Lipinski definition) is 1. The second-order valence-corrected chi connectivity index (χ2v) is 6.12. The van der Waals surface area contributed by atoms with Crippen molar-refractivity contribution in [1.29, 1.82) is 0 Å². The van der Waals surface area contributed by atoms with Gasteiger partial charge in [0.1, 0.15) is 12.1 Å². The predicted molar refractivity (Wildman–Crippen MR) is 85.8 cm³/mol. The molecule has 1 aromatic rings. The van der Waals surface area contributed by atoms with Gasteiger partial charge >= 0.3 is 0 Å². The molecule has 118 valence electrons. The number of fused-ring (bicyclic) bond motifs is 2. The quantitative estimate of drug-likeness (QED) is 0.810. The third kappa shape index (κ3) is 2.70. The van der Waals surface area contributed by atoms with Gasteiger partial charge in [-0.3, -0.25) is 9.69 Å². The molecule has 1 aromatic heterocycles. The van der Waals surface area contributed by atoms with Crippen molar-refractivity contribution in [2.75, 3.05) is 31.1 Å². The second kappa shape index (κ2) is 6.04. The number of piperazine rings is 1. The number of aromatic nitrogens is 2. The summed E-state index contributed by atoms with van der Waals surface area (Å²) in [6, 6.07) is 0.894. The second-order valence-electron chi connectivity index (χ2n) is 6.12. The fraction of sp³-hybridized carbons (Fsp3) is 0.562. The molecule has 3 aliphatic rings. The van der Waals surface area contributed by atoms with Gasteiger partial charge in [-0.05, 0) is 20.3 Å². The van der Waals surface area contributed by atoms with E-state index < -0.39 is 0 Å². The van der Waals surface area contributed by atoms with Crippen LogP contribution in [0.5, 0.6) is 0 Å². The molecular formula is C16H23N5O. The zero-order valence-corrected chi connectivity index (χ0v) is 13.2. The van der Waals surface area contributed by atoms with Crippen LogP contribution in [-0.2, 0) is 4.79 Å². The monoisotopic (exact) mass is 301 g/mol. The standard InChI is InChI=1S/C16H23N5O/c1-4-5-17-15(22)9-21-13-6-14(21)8-20(7-13)16-11(2)12(3)18-10-19-16/h4,10,13-14H,1,5-9H2,2-3H3,(H,17,22). The van der Waals surface area contributed by atoms with Gasteiger partial charge < -0.3 is 10.2 Å². The van der Waals surface area contributed by atoms with Crippen molar-refractivity contribution in [3.8, 4) is 0 Å². The lowest BCUT2D eigenvalue weighted by molar-refractivity contribution is -0.126. The van der Waals surface area contributed by atoms with Crippen LogP contribution < -0.4 is 10.2 Å². The topological polar surface area (TPSA) is 61.4 Å². The highest BCUT2D eigenvalue weighted by molar-refractivity contribution is 5.78. The SMILES string of the molecule is C=CCNC(=O)CN1C2CC1CN(c1ncnc(C)c1C)C2. The molecule has 0 aliphatic carbocycles. The highest BCUT2D eigenvalue weighted by Crippen LogP contribution is 2.34. The first-order valence-corrected chi connectivity index (χ1v) is 7.76. The number of aryl methyl sites for hydroxylation is 1. The molecule has 0 saturated carbocycles. The lowest BCUT2D eigenvalue weighted by Gasteiger charge is -2.56. The van der Waals surface area contributed by atoms with E-state index >= 15 is 0 Å². The maximum Gasteiger partial charge on any atom is 0.234 e. The van der Waals surface area contributed by atoms with Crippen molar-refractivity contribution in [1.82, 2.24) is 20.2 Å². The lowest BCUT2D eigenvalue weighted by atomic mass is 9.87. The molecule has 6 heteroatoms. The van der Waals surface area contributed by atoms with E-state index in [0.717, 1.165) is 30.2 Å². The van der Waals surface area contributed by atoms with E-state index in [4.69, 9.17) is 0 Å². The Morgan fingerprint density at radius 2 is 2.14 bits per heavy atom. The van der Waals surface area contributed by atoms with Crippen molar-refractivity contribution in [2.45, 2.75) is 32.4 Å². The summed E-state index contributed by atoms with van der Waals surface area (Å²) in [6.45, 7) is 10.6. The summed E-state index contributed by atoms with van der Waals surface area (Å²) in [7, 11) is 0. The molecule has 6 nitrogen and oxygen atoms in total. The number of anilines is 1. The molecular weight excluding hydrogens is 278 g/mol. The Balaban J connectivity index is 1.61. The minimum atomic E-state index is 0.0807. The molecule has 0 spiro atoms. The fourth-order valence-corrected chi connectivity index (χ4v) is 3.37. The van der Waals surface area contributed by atoms with Crippen LogP contribution in [0.1, 0.15) is 17.7 Å². The summed E-state index contributed by atoms with van der Waals surface area (Å²) in [5, 5.41) is 2.85. The van der Waals surface area contributed by atoms with Gasteiger partial charge in [0.2, 0.25) is 5.91 Å². The summed E-state index contributed by atoms with van der Waals surface area (Å²) in [5.74, 6) is 1.12. The Morgan fingerprint density at radius 3 is 2.82 bits per heavy atom. The van der Waals surface area contributed by atoms with Crippen LogP contribution >= 0.6 is 0 Å². The highest BCUT2D eigenvalue weighted by atomic mass is 16.2. The third-order valence-electron chi connectivity index (χ3n) is 4.72. The normalized spacial score (nSPS) is 23.8. The van der Waals surface area contributed by atoms with Crippen LogP contribution in [0.2, 0.25) is 0 Å². The van der Waals surface area contributed by atoms with Crippen molar-refractivity contribution in [3.63, 3.8) is 0 Å². The minimum Gasteiger partial charge on any atom is -0.353 e. The van der Waals surface area contributed by atoms with Crippen LogP contribution in [0.3, 0.4) is 0 Å². The summed E-state index contributed by atoms with van der Waals surface area (Å²) in [4.78, 5) is 25.2. The molecule has 2 unspecified atom stereocenters. The molecule has 1 N–H and O–H groups in total. The smallest absolute Gasteiger partial charge is 0.234 e. The zero-order chi connectivity index (χ0) is 15.7. The fourth-order valence-electron chi connectivity index (χ4n) is 3.37. The Kier molecular flexibility index (Phi) is 4.11. The number of amides is 1. The maximum atomic E-state index is 11.9. The molecule has 4 heterocycles. The van der Waals surface area contributed by atoms with E-state index in [0.29, 0.717) is 25.2 Å². The molecule has 2 atom stereocenters. The van der Waals surface area contributed by atoms with Gasteiger partial charge in [-0.15, -0.1) is 6.58 Å². The average Bonchev–Trinajstić information content (AvgIpc) is 2.53. The third-order valence-corrected chi connectivity index (χ3v) is 4.72. The van der Waals surface area contributed by atoms with Gasteiger partial charge in [0.25, 0.3) is 0 Å². The highest BCUT2D eigenvalue weighted by Gasteiger charge is 2.45. The molecule has 3 saturated heterocycles. The molecule has 4 rings (SSSR count). The van der Waals surface area contributed by atoms with E-state index in [2.05, 4.69) is 38.6 Å². The Bertz CT molecular complexity index is 576. The van der Waals surface area contributed by atoms with Gasteiger partial charge in [0, 0.05) is 43.0 Å². The molecule has 1 amide bonds. The molecule has 22 heavy (non-hydrogen) atoms. The van der Waals surface area contributed by atoms with Crippen molar-refractivity contribution in [2.24, 2.45) is 0 Å². The van der Waals surface area contributed by atoms with E-state index in [1.165, 1.54) is 6.42 Å². The Hall–Kier alpha value is -1.95. The predicted octanol–water partition coefficient (Wildman–Crippen LogP) is 0.659. The van der Waals surface area contributed by atoms with Gasteiger partial charge in [-0.25, -0.2) is 9.97 Å². The van der Waals surface area contributed by atoms with Gasteiger partial charge in [0.15, 0.2) is 0 Å². The molecule has 3 aliphatic heterocycles. The Morgan fingerprint density at radius 1 is 1.41 bits per heavy atom. The maximum absolute atomic E-state index is 11.9. The minimum absolute atomic E-state index is 0.0807. The number of carbonyl (C=O) groups is 1. The van der Waals surface area contributed by atoms with Crippen molar-refractivity contribution in [3.05, 3.63) is 30.2 Å². The largest absolute Gasteiger partial charge is 0.353 e. The summed E-state index contributed by atoms with van der Waals surface area (Å²) >= 11 is 0. The molecule has 0 radical (unpaired) electrons. The van der Waals surface area contributed by atoms with Crippen LogP contribution in [-0.4, -0.2) is 59.0 Å². The zero-order valence-electron chi connectivity index (χ0n) is 13.2. The summed E-state index contributed by atoms with van der Waals surface area (Å²) in [5.41, 5.74) is 2.18. The van der Waals surface area contributed by atoms with Crippen molar-refractivity contribution >= 4 is 11.7 Å². The average molecular weight is 301 g/mol. The van der Waals surface area contributed by atoms with Crippen LogP contribution in [0, 0.1) is 13.8 Å². The number of piperidine rings is 1. The van der Waals surface area contributed by atoms with Gasteiger partial charge in [0.05, 0.1) is 6.54 Å². The number of carbonyl (C=O) groups excluding carboxylic acids is 1. The first-order chi connectivity index (χ1) is 10.6. The van der Waals surface area contributed by atoms with E-state index in [-0.39, 0.29) is 5.91 Å². The first kappa shape index (κ1) is 15.0. The van der Waals surface area contributed by atoms with Crippen molar-refractivity contribution < 1.29 is 4.79 Å². The number of hydrogen-bond acceptors (Lipinski definition) is 5. The van der Waals surface area contributed by atoms with E-state index in [1.54, 1.807) is 12.4 Å². The van der Waals surface area contributed by atoms with Gasteiger partial charge in [-0.1, -0.05) is 6.08 Å². The van der Waals surface area contributed by atoms with Gasteiger partial charge in [-0.2, -0.15) is 0 Å². The van der Waals surface area contributed by atoms with Crippen LogP contribution in [0.15, 0.2) is 19.0 Å². The molecule has 0 aromatic carbocycles. The lowest BCUT2D eigenvalue weighted by Crippen LogP contribution is -2.70. The van der Waals surface area contributed by atoms with E-state index in [1.807, 2.05) is 6.92 Å². The van der Waals surface area contributed by atoms with Crippen LogP contribution in [0.4, 0.5) is 5.82 Å². The number of rotatable bonds is 5. The molecule has 3 fully saturated rings. The summed E-state index contributed by atoms with van der Waals surface area (Å²) < 4.78 is 0. The van der Waals surface area contributed by atoms with Crippen LogP contribution in [0.25, 0.3) is 0 Å². The number of nitrogens with one attached hydrogen (secondary N) is 1. The molecule has 2 bridgehead atoms. The number of nitrogens with zero attached hydrogens (tertiary/aromatic N) is 4. The summed E-state index contributed by atoms with van der Waals surface area (Å²) in [6.07, 6.45) is 4.52.